The average Bonchev–Trinajstić information content (AvgIpc) is 2.47. The number of pyridine rings is 1. The molecule has 0 bridgehead atoms. The number of para-hydroxylation sites is 1. The molecule has 1 aromatic heterocycles. The number of aromatic nitrogens is 1. The van der Waals surface area contributed by atoms with Crippen molar-refractivity contribution in [2.24, 2.45) is 5.73 Å². The molecule has 1 atom stereocenters. The van der Waals surface area contributed by atoms with Gasteiger partial charge in [0, 0.05) is 12.2 Å². The lowest BCUT2D eigenvalue weighted by molar-refractivity contribution is 0.282. The molecule has 0 amide bonds. The van der Waals surface area contributed by atoms with Crippen LogP contribution in [0.25, 0.3) is 0 Å². The van der Waals surface area contributed by atoms with Crippen molar-refractivity contribution in [3.63, 3.8) is 0 Å². The second kappa shape index (κ2) is 7.01. The van der Waals surface area contributed by atoms with Crippen LogP contribution in [-0.2, 0) is 13.0 Å². The monoisotopic (exact) mass is 274 g/mol. The zero-order chi connectivity index (χ0) is 14.4. The summed E-state index contributed by atoms with van der Waals surface area (Å²) < 4.78 is 19.5. The van der Waals surface area contributed by atoms with Crippen molar-refractivity contribution in [2.45, 2.75) is 32.4 Å². The van der Waals surface area contributed by atoms with E-state index in [0.29, 0.717) is 6.42 Å². The molecule has 0 aliphatic heterocycles. The molecule has 0 spiro atoms. The van der Waals surface area contributed by atoms with Gasteiger partial charge in [0.15, 0.2) is 11.6 Å². The van der Waals surface area contributed by atoms with Crippen LogP contribution in [0.1, 0.15) is 24.6 Å². The summed E-state index contributed by atoms with van der Waals surface area (Å²) in [6.07, 6.45) is 3.13. The van der Waals surface area contributed by atoms with Gasteiger partial charge in [-0.25, -0.2) is 4.39 Å². The van der Waals surface area contributed by atoms with Crippen LogP contribution in [0.15, 0.2) is 42.6 Å². The van der Waals surface area contributed by atoms with Crippen molar-refractivity contribution in [1.29, 1.82) is 0 Å². The van der Waals surface area contributed by atoms with Gasteiger partial charge < -0.3 is 10.5 Å². The van der Waals surface area contributed by atoms with Gasteiger partial charge in [0.2, 0.25) is 0 Å². The molecule has 3 nitrogen and oxygen atoms in total. The molecule has 0 saturated heterocycles. The fraction of sp³-hybridized carbons (Fsp3) is 0.312. The van der Waals surface area contributed by atoms with Crippen LogP contribution >= 0.6 is 0 Å². The standard InChI is InChI=1S/C16H19FN2O/c1-2-13(18)10-12-6-5-8-15(17)16(12)20-11-14-7-3-4-9-19-14/h3-9,13H,2,10-11,18H2,1H3. The first-order chi connectivity index (χ1) is 9.70. The van der Waals surface area contributed by atoms with Crippen molar-refractivity contribution >= 4 is 0 Å². The van der Waals surface area contributed by atoms with E-state index < -0.39 is 0 Å². The molecular weight excluding hydrogens is 255 g/mol. The summed E-state index contributed by atoms with van der Waals surface area (Å²) in [5, 5.41) is 0. The maximum absolute atomic E-state index is 13.9. The lowest BCUT2D eigenvalue weighted by Gasteiger charge is -2.14. The van der Waals surface area contributed by atoms with Gasteiger partial charge in [-0.05, 0) is 36.6 Å². The van der Waals surface area contributed by atoms with Gasteiger partial charge in [0.05, 0.1) is 5.69 Å². The van der Waals surface area contributed by atoms with E-state index in [1.54, 1.807) is 12.3 Å². The van der Waals surface area contributed by atoms with E-state index in [-0.39, 0.29) is 24.2 Å². The first kappa shape index (κ1) is 14.5. The molecule has 2 aromatic rings. The summed E-state index contributed by atoms with van der Waals surface area (Å²) >= 11 is 0. The third-order valence-electron chi connectivity index (χ3n) is 3.15. The third-order valence-corrected chi connectivity index (χ3v) is 3.15. The summed E-state index contributed by atoms with van der Waals surface area (Å²) in [5.41, 5.74) is 7.51. The lowest BCUT2D eigenvalue weighted by Crippen LogP contribution is -2.22. The summed E-state index contributed by atoms with van der Waals surface area (Å²) in [7, 11) is 0. The van der Waals surface area contributed by atoms with E-state index in [0.717, 1.165) is 17.7 Å². The Hall–Kier alpha value is -1.94. The molecule has 1 unspecified atom stereocenters. The Labute approximate surface area is 118 Å². The number of hydrogen-bond acceptors (Lipinski definition) is 3. The van der Waals surface area contributed by atoms with Crippen molar-refractivity contribution in [3.05, 3.63) is 59.7 Å². The molecular formula is C16H19FN2O. The Morgan fingerprint density at radius 1 is 1.25 bits per heavy atom. The highest BCUT2D eigenvalue weighted by Gasteiger charge is 2.12. The Balaban J connectivity index is 2.13. The van der Waals surface area contributed by atoms with Crippen LogP contribution in [0.2, 0.25) is 0 Å². The fourth-order valence-electron chi connectivity index (χ4n) is 1.93. The molecule has 0 radical (unpaired) electrons. The zero-order valence-electron chi connectivity index (χ0n) is 11.6. The predicted octanol–water partition coefficient (Wildman–Crippen LogP) is 3.08. The largest absolute Gasteiger partial charge is 0.484 e. The van der Waals surface area contributed by atoms with Gasteiger partial charge in [-0.2, -0.15) is 0 Å². The van der Waals surface area contributed by atoms with E-state index in [2.05, 4.69) is 4.98 Å². The van der Waals surface area contributed by atoms with Crippen LogP contribution in [0, 0.1) is 5.82 Å². The number of hydrogen-bond donors (Lipinski definition) is 1. The SMILES string of the molecule is CCC(N)Cc1cccc(F)c1OCc1ccccn1. The minimum Gasteiger partial charge on any atom is -0.484 e. The number of rotatable bonds is 6. The Kier molecular flexibility index (Phi) is 5.07. The van der Waals surface area contributed by atoms with Crippen LogP contribution in [0.3, 0.4) is 0 Å². The number of benzene rings is 1. The second-order valence-corrected chi connectivity index (χ2v) is 4.71. The molecule has 1 aromatic carbocycles. The number of nitrogens with two attached hydrogens (primary N) is 1. The topological polar surface area (TPSA) is 48.1 Å². The maximum Gasteiger partial charge on any atom is 0.165 e. The molecule has 0 fully saturated rings. The summed E-state index contributed by atoms with van der Waals surface area (Å²) in [5.74, 6) is -0.0798. The van der Waals surface area contributed by atoms with Crippen LogP contribution in [-0.4, -0.2) is 11.0 Å². The zero-order valence-corrected chi connectivity index (χ0v) is 11.6. The molecule has 1 heterocycles. The van der Waals surface area contributed by atoms with Gasteiger partial charge in [0.1, 0.15) is 6.61 Å². The highest BCUT2D eigenvalue weighted by molar-refractivity contribution is 5.35. The smallest absolute Gasteiger partial charge is 0.165 e. The van der Waals surface area contributed by atoms with Crippen LogP contribution in [0.5, 0.6) is 5.75 Å². The number of nitrogens with zero attached hydrogens (tertiary/aromatic N) is 1. The van der Waals surface area contributed by atoms with Crippen molar-refractivity contribution < 1.29 is 9.13 Å². The molecule has 0 aliphatic rings. The normalized spacial score (nSPS) is 12.2. The van der Waals surface area contributed by atoms with Gasteiger partial charge in [-0.1, -0.05) is 25.1 Å². The quantitative estimate of drug-likeness (QED) is 0.880. The molecule has 0 aliphatic carbocycles. The molecule has 0 saturated carbocycles. The van der Waals surface area contributed by atoms with E-state index >= 15 is 0 Å². The van der Waals surface area contributed by atoms with E-state index in [1.165, 1.54) is 6.07 Å². The predicted molar refractivity (Wildman–Crippen MR) is 76.9 cm³/mol. The third kappa shape index (κ3) is 3.78. The van der Waals surface area contributed by atoms with E-state index in [4.69, 9.17) is 10.5 Å². The van der Waals surface area contributed by atoms with Gasteiger partial charge in [-0.15, -0.1) is 0 Å². The second-order valence-electron chi connectivity index (χ2n) is 4.71. The number of ether oxygens (including phenoxy) is 1. The van der Waals surface area contributed by atoms with E-state index in [1.807, 2.05) is 31.2 Å². The van der Waals surface area contributed by atoms with Crippen molar-refractivity contribution in [1.82, 2.24) is 4.98 Å². The van der Waals surface area contributed by atoms with Gasteiger partial charge in [0.25, 0.3) is 0 Å². The van der Waals surface area contributed by atoms with Gasteiger partial charge in [-0.3, -0.25) is 4.98 Å². The minimum atomic E-state index is -0.360. The minimum absolute atomic E-state index is 0.00833. The highest BCUT2D eigenvalue weighted by Crippen LogP contribution is 2.25. The average molecular weight is 274 g/mol. The van der Waals surface area contributed by atoms with Crippen molar-refractivity contribution in [2.75, 3.05) is 0 Å². The van der Waals surface area contributed by atoms with Gasteiger partial charge >= 0.3 is 0 Å². The summed E-state index contributed by atoms with van der Waals surface area (Å²) in [6.45, 7) is 2.26. The van der Waals surface area contributed by atoms with Crippen LogP contribution in [0.4, 0.5) is 4.39 Å². The Bertz CT molecular complexity index is 545. The summed E-state index contributed by atoms with van der Waals surface area (Å²) in [6, 6.07) is 10.5. The highest BCUT2D eigenvalue weighted by atomic mass is 19.1. The molecule has 2 rings (SSSR count). The lowest BCUT2D eigenvalue weighted by atomic mass is 10.0. The van der Waals surface area contributed by atoms with E-state index in [9.17, 15) is 4.39 Å². The molecule has 2 N–H and O–H groups in total. The maximum atomic E-state index is 13.9. The van der Waals surface area contributed by atoms with Crippen molar-refractivity contribution in [3.8, 4) is 5.75 Å². The molecule has 106 valence electrons. The summed E-state index contributed by atoms with van der Waals surface area (Å²) in [4.78, 5) is 4.16. The number of halogens is 1. The molecule has 4 heteroatoms. The Morgan fingerprint density at radius 3 is 2.80 bits per heavy atom. The first-order valence-electron chi connectivity index (χ1n) is 6.76. The first-order valence-corrected chi connectivity index (χ1v) is 6.76. The van der Waals surface area contributed by atoms with Crippen LogP contribution < -0.4 is 10.5 Å². The molecule has 20 heavy (non-hydrogen) atoms. The Morgan fingerprint density at radius 2 is 2.10 bits per heavy atom. The fourth-order valence-corrected chi connectivity index (χ4v) is 1.93.